The quantitative estimate of drug-likeness (QED) is 0.405. The number of amides is 3. The molecule has 4 rings (SSSR count). The summed E-state index contributed by atoms with van der Waals surface area (Å²) in [4.78, 5) is 53.0. The molecule has 2 heterocycles. The Hall–Kier alpha value is -2.50. The van der Waals surface area contributed by atoms with Gasteiger partial charge in [0.05, 0.1) is 16.7 Å². The second-order valence-corrected chi connectivity index (χ2v) is 11.4. The van der Waals surface area contributed by atoms with Gasteiger partial charge in [0.1, 0.15) is 6.04 Å². The molecule has 0 unspecified atom stereocenters. The number of benzene rings is 1. The zero-order chi connectivity index (χ0) is 25.3. The maximum atomic E-state index is 12.8. The number of ether oxygens (including phenoxy) is 1. The van der Waals surface area contributed by atoms with Gasteiger partial charge in [-0.05, 0) is 44.0 Å². The first-order chi connectivity index (χ1) is 16.6. The largest absolute Gasteiger partial charge is 0.454 e. The monoisotopic (exact) mass is 525 g/mol. The molecule has 0 bridgehead atoms. The highest BCUT2D eigenvalue weighted by atomic mass is 35.5. The topological polar surface area (TPSA) is 121 Å². The van der Waals surface area contributed by atoms with E-state index in [9.17, 15) is 27.6 Å². The third-order valence-electron chi connectivity index (χ3n) is 6.98. The Morgan fingerprint density at radius 1 is 1.00 bits per heavy atom. The minimum Gasteiger partial charge on any atom is -0.454 e. The highest BCUT2D eigenvalue weighted by Crippen LogP contribution is 2.38. The van der Waals surface area contributed by atoms with Crippen LogP contribution < -0.4 is 0 Å². The maximum absolute atomic E-state index is 12.8. The van der Waals surface area contributed by atoms with Crippen molar-refractivity contribution in [3.63, 3.8) is 0 Å². The number of nitrogens with zero attached hydrogens (tertiary/aromatic N) is 3. The van der Waals surface area contributed by atoms with E-state index in [0.29, 0.717) is 17.9 Å². The molecule has 0 spiro atoms. The predicted octanol–water partition coefficient (Wildman–Crippen LogP) is 1.28. The zero-order valence-electron chi connectivity index (χ0n) is 19.4. The molecule has 10 nitrogen and oxygen atoms in total. The highest BCUT2D eigenvalue weighted by Gasteiger charge is 2.51. The summed E-state index contributed by atoms with van der Waals surface area (Å²) in [6.45, 7) is 1.37. The standard InChI is InChI=1S/C23H28ClN3O7S/c1-15(27-21(29)18-4-2-3-5-19(18)22(27)30)23(31)34-14-20(28)25-10-12-26(13-11-25)35(32,33)17-8-6-16(24)7-9-17/h6-9,15,18-19H,2-5,10-14H2,1H3/t15-,18-,19+/m0/s1. The third-order valence-corrected chi connectivity index (χ3v) is 9.15. The van der Waals surface area contributed by atoms with E-state index in [4.69, 9.17) is 16.3 Å². The summed E-state index contributed by atoms with van der Waals surface area (Å²) in [5.74, 6) is -2.70. The molecule has 2 aliphatic heterocycles. The molecule has 0 radical (unpaired) electrons. The van der Waals surface area contributed by atoms with Crippen LogP contribution in [0.5, 0.6) is 0 Å². The summed E-state index contributed by atoms with van der Waals surface area (Å²) in [6.07, 6.45) is 3.06. The molecule has 1 aromatic carbocycles. The van der Waals surface area contributed by atoms with Crippen molar-refractivity contribution in [2.75, 3.05) is 32.8 Å². The van der Waals surface area contributed by atoms with Crippen LogP contribution in [0.15, 0.2) is 29.2 Å². The maximum Gasteiger partial charge on any atom is 0.329 e. The summed E-state index contributed by atoms with van der Waals surface area (Å²) < 4.78 is 32.0. The van der Waals surface area contributed by atoms with Crippen molar-refractivity contribution < 1.29 is 32.3 Å². The van der Waals surface area contributed by atoms with Gasteiger partial charge >= 0.3 is 5.97 Å². The second kappa shape index (κ2) is 10.2. The Bertz CT molecular complexity index is 1090. The van der Waals surface area contributed by atoms with Crippen LogP contribution in [-0.4, -0.2) is 85.0 Å². The molecule has 190 valence electrons. The van der Waals surface area contributed by atoms with E-state index < -0.39 is 34.5 Å². The molecule has 3 aliphatic rings. The lowest BCUT2D eigenvalue weighted by molar-refractivity contribution is -0.161. The fourth-order valence-electron chi connectivity index (χ4n) is 4.95. The number of piperazine rings is 1. The number of rotatable bonds is 6. The average molecular weight is 526 g/mol. The predicted molar refractivity (Wildman–Crippen MR) is 125 cm³/mol. The fraction of sp³-hybridized carbons (Fsp3) is 0.565. The minimum absolute atomic E-state index is 0.0978. The fourth-order valence-corrected chi connectivity index (χ4v) is 6.50. The highest BCUT2D eigenvalue weighted by molar-refractivity contribution is 7.89. The molecule has 0 N–H and O–H groups in total. The summed E-state index contributed by atoms with van der Waals surface area (Å²) >= 11 is 5.83. The summed E-state index contributed by atoms with van der Waals surface area (Å²) in [5.41, 5.74) is 0. The van der Waals surface area contributed by atoms with Crippen LogP contribution in [-0.2, 0) is 33.9 Å². The van der Waals surface area contributed by atoms with Gasteiger partial charge in [-0.15, -0.1) is 0 Å². The van der Waals surface area contributed by atoms with Crippen molar-refractivity contribution in [2.24, 2.45) is 11.8 Å². The van der Waals surface area contributed by atoms with Crippen LogP contribution in [0.25, 0.3) is 0 Å². The van der Waals surface area contributed by atoms with Crippen molar-refractivity contribution in [1.29, 1.82) is 0 Å². The van der Waals surface area contributed by atoms with Crippen LogP contribution >= 0.6 is 11.6 Å². The van der Waals surface area contributed by atoms with E-state index in [1.54, 1.807) is 0 Å². The van der Waals surface area contributed by atoms with E-state index in [1.807, 2.05) is 0 Å². The van der Waals surface area contributed by atoms with Gasteiger partial charge in [-0.2, -0.15) is 4.31 Å². The van der Waals surface area contributed by atoms with Crippen molar-refractivity contribution in [1.82, 2.24) is 14.1 Å². The van der Waals surface area contributed by atoms with Crippen molar-refractivity contribution in [2.45, 2.75) is 43.5 Å². The van der Waals surface area contributed by atoms with Gasteiger partial charge < -0.3 is 9.64 Å². The van der Waals surface area contributed by atoms with Gasteiger partial charge in [0.25, 0.3) is 5.91 Å². The van der Waals surface area contributed by atoms with E-state index in [1.165, 1.54) is 40.4 Å². The van der Waals surface area contributed by atoms with Crippen LogP contribution in [0.1, 0.15) is 32.6 Å². The van der Waals surface area contributed by atoms with E-state index >= 15 is 0 Å². The molecule has 2 saturated heterocycles. The Morgan fingerprint density at radius 2 is 1.54 bits per heavy atom. The second-order valence-electron chi connectivity index (χ2n) is 9.07. The Balaban J connectivity index is 1.28. The lowest BCUT2D eigenvalue weighted by atomic mass is 9.81. The number of sulfonamides is 1. The Morgan fingerprint density at radius 3 is 2.09 bits per heavy atom. The molecular weight excluding hydrogens is 498 g/mol. The molecule has 3 atom stereocenters. The van der Waals surface area contributed by atoms with E-state index in [2.05, 4.69) is 0 Å². The molecular formula is C23H28ClN3O7S. The Kier molecular flexibility index (Phi) is 7.48. The van der Waals surface area contributed by atoms with Crippen LogP contribution in [0.3, 0.4) is 0 Å². The number of hydrogen-bond donors (Lipinski definition) is 0. The van der Waals surface area contributed by atoms with Gasteiger partial charge in [0, 0.05) is 31.2 Å². The summed E-state index contributed by atoms with van der Waals surface area (Å²) in [5, 5.41) is 0.431. The van der Waals surface area contributed by atoms with Crippen LogP contribution in [0.2, 0.25) is 5.02 Å². The molecule has 1 aliphatic carbocycles. The van der Waals surface area contributed by atoms with Gasteiger partial charge in [-0.25, -0.2) is 13.2 Å². The van der Waals surface area contributed by atoms with Gasteiger partial charge in [-0.1, -0.05) is 24.4 Å². The van der Waals surface area contributed by atoms with Crippen LogP contribution in [0, 0.1) is 11.8 Å². The number of esters is 1. The average Bonchev–Trinajstić information content (AvgIpc) is 3.12. The van der Waals surface area contributed by atoms with Gasteiger partial charge in [-0.3, -0.25) is 19.3 Å². The summed E-state index contributed by atoms with van der Waals surface area (Å²) in [6, 6.07) is 4.76. The number of fused-ring (bicyclic) bond motifs is 1. The summed E-state index contributed by atoms with van der Waals surface area (Å²) in [7, 11) is -3.71. The van der Waals surface area contributed by atoms with Gasteiger partial charge in [0.15, 0.2) is 6.61 Å². The van der Waals surface area contributed by atoms with E-state index in [-0.39, 0.29) is 54.7 Å². The first-order valence-electron chi connectivity index (χ1n) is 11.7. The number of halogens is 1. The van der Waals surface area contributed by atoms with E-state index in [0.717, 1.165) is 17.7 Å². The number of carbonyl (C=O) groups is 4. The minimum atomic E-state index is -3.71. The Labute approximate surface area is 209 Å². The SMILES string of the molecule is C[C@@H](C(=O)OCC(=O)N1CCN(S(=O)(=O)c2ccc(Cl)cc2)CC1)N1C(=O)[C@H]2CCCC[C@H]2C1=O. The molecule has 35 heavy (non-hydrogen) atoms. The van der Waals surface area contributed by atoms with Crippen molar-refractivity contribution in [3.8, 4) is 0 Å². The number of hydrogen-bond acceptors (Lipinski definition) is 7. The molecule has 3 fully saturated rings. The molecule has 3 amide bonds. The van der Waals surface area contributed by atoms with Gasteiger partial charge in [0.2, 0.25) is 21.8 Å². The van der Waals surface area contributed by atoms with Crippen LogP contribution in [0.4, 0.5) is 0 Å². The molecule has 12 heteroatoms. The zero-order valence-corrected chi connectivity index (χ0v) is 21.0. The molecule has 1 saturated carbocycles. The smallest absolute Gasteiger partial charge is 0.329 e. The number of carbonyl (C=O) groups excluding carboxylic acids is 4. The lowest BCUT2D eigenvalue weighted by Crippen LogP contribution is -2.51. The first kappa shape index (κ1) is 25.6. The van der Waals surface area contributed by atoms with Crippen molar-refractivity contribution in [3.05, 3.63) is 29.3 Å². The molecule has 0 aromatic heterocycles. The number of imide groups is 1. The van der Waals surface area contributed by atoms with Crippen molar-refractivity contribution >= 4 is 45.3 Å². The lowest BCUT2D eigenvalue weighted by Gasteiger charge is -2.34. The number of likely N-dealkylation sites (tertiary alicyclic amines) is 1. The molecule has 1 aromatic rings. The normalized spacial score (nSPS) is 24.3. The third kappa shape index (κ3) is 5.07. The first-order valence-corrected chi connectivity index (χ1v) is 13.5.